The van der Waals surface area contributed by atoms with Gasteiger partial charge in [0.2, 0.25) is 0 Å². The van der Waals surface area contributed by atoms with Crippen molar-refractivity contribution in [2.75, 3.05) is 0 Å². The van der Waals surface area contributed by atoms with Crippen LogP contribution < -0.4 is 5.56 Å². The summed E-state index contributed by atoms with van der Waals surface area (Å²) in [5.74, 6) is -1.32. The third kappa shape index (κ3) is 1.67. The van der Waals surface area contributed by atoms with Crippen LogP contribution in [0.5, 0.6) is 0 Å². The molecular formula is C16H9F2N3O. The second-order valence-corrected chi connectivity index (χ2v) is 4.86. The fourth-order valence-electron chi connectivity index (χ4n) is 2.57. The Morgan fingerprint density at radius 3 is 2.50 bits per heavy atom. The van der Waals surface area contributed by atoms with Crippen LogP contribution in [0.25, 0.3) is 28.1 Å². The molecule has 108 valence electrons. The summed E-state index contributed by atoms with van der Waals surface area (Å²) in [5, 5.41) is 0. The molecule has 2 aromatic carbocycles. The number of rotatable bonds is 1. The van der Waals surface area contributed by atoms with E-state index in [0.717, 1.165) is 17.6 Å². The number of hydrogen-bond donors (Lipinski definition) is 1. The minimum absolute atomic E-state index is 0.236. The van der Waals surface area contributed by atoms with E-state index in [0.29, 0.717) is 11.3 Å². The molecule has 4 rings (SSSR count). The van der Waals surface area contributed by atoms with Crippen molar-refractivity contribution in [3.05, 3.63) is 70.6 Å². The van der Waals surface area contributed by atoms with Gasteiger partial charge in [-0.3, -0.25) is 9.36 Å². The summed E-state index contributed by atoms with van der Waals surface area (Å²) in [7, 11) is 0. The fourth-order valence-corrected chi connectivity index (χ4v) is 2.57. The molecule has 0 fully saturated rings. The summed E-state index contributed by atoms with van der Waals surface area (Å²) in [6.45, 7) is 0. The highest BCUT2D eigenvalue weighted by molar-refractivity contribution is 5.78. The number of fused-ring (bicyclic) bond motifs is 3. The van der Waals surface area contributed by atoms with E-state index >= 15 is 0 Å². The zero-order chi connectivity index (χ0) is 15.3. The van der Waals surface area contributed by atoms with Gasteiger partial charge in [0, 0.05) is 6.20 Å². The van der Waals surface area contributed by atoms with Crippen molar-refractivity contribution in [3.63, 3.8) is 0 Å². The van der Waals surface area contributed by atoms with Gasteiger partial charge in [0.15, 0.2) is 5.82 Å². The maximum absolute atomic E-state index is 13.9. The van der Waals surface area contributed by atoms with E-state index in [9.17, 15) is 13.6 Å². The summed E-state index contributed by atoms with van der Waals surface area (Å²) in [5.41, 5.74) is 0.135. The van der Waals surface area contributed by atoms with Crippen LogP contribution in [0.2, 0.25) is 0 Å². The predicted octanol–water partition coefficient (Wildman–Crippen LogP) is 3.10. The molecule has 2 heterocycles. The lowest BCUT2D eigenvalue weighted by Gasteiger charge is -2.05. The predicted molar refractivity (Wildman–Crippen MR) is 78.2 cm³/mol. The Balaban J connectivity index is 2.14. The summed E-state index contributed by atoms with van der Waals surface area (Å²) in [4.78, 5) is 19.7. The molecule has 2 aliphatic heterocycles. The molecule has 4 nitrogen and oxygen atoms in total. The number of aromatic amines is 1. The number of nitrogens with one attached hydrogen (secondary N) is 1. The van der Waals surface area contributed by atoms with Crippen molar-refractivity contribution in [3.8, 4) is 17.1 Å². The normalized spacial score (nSPS) is 11.4. The summed E-state index contributed by atoms with van der Waals surface area (Å²) in [6, 6.07) is 10.6. The minimum atomic E-state index is -0.811. The van der Waals surface area contributed by atoms with Crippen LogP contribution in [-0.2, 0) is 0 Å². The molecule has 2 aliphatic rings. The van der Waals surface area contributed by atoms with E-state index in [1.807, 2.05) is 6.07 Å². The van der Waals surface area contributed by atoms with Crippen molar-refractivity contribution in [1.29, 1.82) is 0 Å². The summed E-state index contributed by atoms with van der Waals surface area (Å²) in [6.07, 6.45) is 1.53. The maximum atomic E-state index is 13.9. The molecular weight excluding hydrogens is 288 g/mol. The number of hydrogen-bond acceptors (Lipinski definition) is 2. The lowest BCUT2D eigenvalue weighted by molar-refractivity contribution is 0.588. The van der Waals surface area contributed by atoms with Crippen molar-refractivity contribution in [2.45, 2.75) is 0 Å². The van der Waals surface area contributed by atoms with Crippen molar-refractivity contribution in [2.24, 2.45) is 0 Å². The lowest BCUT2D eigenvalue weighted by atomic mass is 10.1. The number of aromatic nitrogens is 3. The monoisotopic (exact) mass is 297 g/mol. The molecule has 2 aromatic rings. The molecule has 0 unspecified atom stereocenters. The topological polar surface area (TPSA) is 50.7 Å². The molecule has 1 N–H and O–H groups in total. The molecule has 0 saturated carbocycles. The van der Waals surface area contributed by atoms with Crippen LogP contribution in [0, 0.1) is 11.6 Å². The van der Waals surface area contributed by atoms with Gasteiger partial charge in [0.1, 0.15) is 17.3 Å². The zero-order valence-electron chi connectivity index (χ0n) is 11.2. The first-order valence-corrected chi connectivity index (χ1v) is 6.60. The molecule has 0 bridgehead atoms. The van der Waals surface area contributed by atoms with Crippen molar-refractivity contribution >= 4 is 11.0 Å². The van der Waals surface area contributed by atoms with Crippen LogP contribution in [0.3, 0.4) is 0 Å². The molecule has 0 aliphatic carbocycles. The molecule has 0 atom stereocenters. The van der Waals surface area contributed by atoms with Gasteiger partial charge in [0.05, 0.1) is 16.6 Å². The van der Waals surface area contributed by atoms with Crippen LogP contribution >= 0.6 is 0 Å². The van der Waals surface area contributed by atoms with Crippen LogP contribution in [0.1, 0.15) is 0 Å². The van der Waals surface area contributed by atoms with Gasteiger partial charge in [-0.1, -0.05) is 18.2 Å². The summed E-state index contributed by atoms with van der Waals surface area (Å²) < 4.78 is 29.2. The molecule has 0 radical (unpaired) electrons. The van der Waals surface area contributed by atoms with E-state index in [2.05, 4.69) is 9.97 Å². The van der Waals surface area contributed by atoms with Crippen LogP contribution in [-0.4, -0.2) is 14.5 Å². The van der Waals surface area contributed by atoms with E-state index in [-0.39, 0.29) is 5.69 Å². The van der Waals surface area contributed by atoms with Gasteiger partial charge >= 0.3 is 0 Å². The number of nitrogens with zero attached hydrogens (tertiary/aromatic N) is 2. The van der Waals surface area contributed by atoms with Crippen LogP contribution in [0.4, 0.5) is 8.78 Å². The second-order valence-electron chi connectivity index (χ2n) is 4.86. The number of benzene rings is 2. The van der Waals surface area contributed by atoms with E-state index < -0.39 is 22.8 Å². The lowest BCUT2D eigenvalue weighted by Crippen LogP contribution is -2.15. The first-order chi connectivity index (χ1) is 10.7. The average molecular weight is 297 g/mol. The highest BCUT2D eigenvalue weighted by Crippen LogP contribution is 2.25. The molecule has 22 heavy (non-hydrogen) atoms. The molecule has 0 spiro atoms. The quantitative estimate of drug-likeness (QED) is 0.587. The Morgan fingerprint density at radius 1 is 1.00 bits per heavy atom. The smallest absolute Gasteiger partial charge is 0.283 e. The molecule has 0 aromatic heterocycles. The SMILES string of the molecule is O=c1c(-c2c(F)cccc2F)nc2c[nH]c3ccccc3n1-2. The number of para-hydroxylation sites is 2. The molecule has 0 amide bonds. The number of imidazole rings is 1. The highest BCUT2D eigenvalue weighted by Gasteiger charge is 2.22. The van der Waals surface area contributed by atoms with E-state index in [4.69, 9.17) is 0 Å². The number of H-pyrrole nitrogens is 1. The Bertz CT molecular complexity index is 1010. The van der Waals surface area contributed by atoms with E-state index in [1.165, 1.54) is 16.8 Å². The van der Waals surface area contributed by atoms with Gasteiger partial charge in [-0.2, -0.15) is 0 Å². The fraction of sp³-hybridized carbons (Fsp3) is 0. The Hall–Kier alpha value is -3.02. The van der Waals surface area contributed by atoms with Crippen LogP contribution in [0.15, 0.2) is 53.5 Å². The Kier molecular flexibility index (Phi) is 2.59. The number of halogens is 2. The van der Waals surface area contributed by atoms with Crippen molar-refractivity contribution < 1.29 is 8.78 Å². The van der Waals surface area contributed by atoms with Gasteiger partial charge in [0.25, 0.3) is 5.56 Å². The van der Waals surface area contributed by atoms with Gasteiger partial charge in [-0.05, 0) is 24.3 Å². The molecule has 0 saturated heterocycles. The Labute approximate surface area is 123 Å². The first kappa shape index (κ1) is 12.7. The third-order valence-corrected chi connectivity index (χ3v) is 3.56. The zero-order valence-corrected chi connectivity index (χ0v) is 11.2. The molecule has 6 heteroatoms. The van der Waals surface area contributed by atoms with Gasteiger partial charge in [-0.25, -0.2) is 13.8 Å². The van der Waals surface area contributed by atoms with Gasteiger partial charge in [-0.15, -0.1) is 0 Å². The van der Waals surface area contributed by atoms with E-state index in [1.54, 1.807) is 18.2 Å². The largest absolute Gasteiger partial charge is 0.357 e. The first-order valence-electron chi connectivity index (χ1n) is 6.60. The average Bonchev–Trinajstić information content (AvgIpc) is 2.85. The van der Waals surface area contributed by atoms with Crippen molar-refractivity contribution in [1.82, 2.24) is 14.5 Å². The Morgan fingerprint density at radius 2 is 1.73 bits per heavy atom. The third-order valence-electron chi connectivity index (χ3n) is 3.56. The standard InChI is InChI=1S/C16H9F2N3O/c17-9-4-3-5-10(18)14(9)15-16(22)21-12-7-2-1-6-11(12)19-8-13(21)20-15/h1-8,19H. The maximum Gasteiger partial charge on any atom is 0.283 e. The van der Waals surface area contributed by atoms with Gasteiger partial charge < -0.3 is 4.98 Å². The highest BCUT2D eigenvalue weighted by atomic mass is 19.1. The second kappa shape index (κ2) is 4.49. The summed E-state index contributed by atoms with van der Waals surface area (Å²) >= 11 is 0. The minimum Gasteiger partial charge on any atom is -0.357 e.